The Morgan fingerprint density at radius 3 is 3.00 bits per heavy atom. The van der Waals surface area contributed by atoms with E-state index in [2.05, 4.69) is 10.3 Å². The summed E-state index contributed by atoms with van der Waals surface area (Å²) >= 11 is 0. The van der Waals surface area contributed by atoms with Crippen molar-refractivity contribution in [2.45, 2.75) is 38.8 Å². The monoisotopic (exact) mass is 233 g/mol. The molecule has 4 nitrogen and oxygen atoms in total. The van der Waals surface area contributed by atoms with Gasteiger partial charge in [0.15, 0.2) is 0 Å². The number of nitrogens with zero attached hydrogens (tertiary/aromatic N) is 1. The fraction of sp³-hybridized carbons (Fsp3) is 0.538. The maximum atomic E-state index is 11.6. The van der Waals surface area contributed by atoms with Crippen molar-refractivity contribution in [1.82, 2.24) is 10.3 Å². The van der Waals surface area contributed by atoms with Crippen LogP contribution in [-0.2, 0) is 11.3 Å². The summed E-state index contributed by atoms with van der Waals surface area (Å²) in [5.74, 6) is 0.588. The second-order valence-corrected chi connectivity index (χ2v) is 4.75. The molecular weight excluding hydrogens is 214 g/mol. The molecule has 2 rings (SSSR count). The van der Waals surface area contributed by atoms with E-state index < -0.39 is 0 Å². The van der Waals surface area contributed by atoms with E-state index in [1.165, 1.54) is 12.8 Å². The Bertz CT molecular complexity index is 401. The molecule has 1 aliphatic carbocycles. The molecule has 1 aromatic rings. The van der Waals surface area contributed by atoms with E-state index in [9.17, 15) is 4.79 Å². The van der Waals surface area contributed by atoms with Crippen molar-refractivity contribution in [1.29, 1.82) is 0 Å². The van der Waals surface area contributed by atoms with Crippen LogP contribution in [0.15, 0.2) is 18.2 Å². The van der Waals surface area contributed by atoms with Crippen LogP contribution in [-0.4, -0.2) is 16.9 Å². The lowest BCUT2D eigenvalue weighted by Gasteiger charge is -2.10. The molecule has 4 heteroatoms. The van der Waals surface area contributed by atoms with Gasteiger partial charge in [-0.3, -0.25) is 9.78 Å². The average molecular weight is 233 g/mol. The highest BCUT2D eigenvalue weighted by atomic mass is 16.1. The normalized spacial score (nSPS) is 16.6. The number of pyridine rings is 1. The van der Waals surface area contributed by atoms with E-state index in [0.29, 0.717) is 18.9 Å². The molecule has 0 spiro atoms. The highest BCUT2D eigenvalue weighted by Gasteiger charge is 2.29. The van der Waals surface area contributed by atoms with Crippen molar-refractivity contribution < 1.29 is 4.79 Å². The van der Waals surface area contributed by atoms with Crippen LogP contribution in [0.3, 0.4) is 0 Å². The number of aromatic nitrogens is 1. The molecule has 1 unspecified atom stereocenters. The van der Waals surface area contributed by atoms with Crippen LogP contribution in [0.2, 0.25) is 0 Å². The van der Waals surface area contributed by atoms with Crippen LogP contribution in [0.1, 0.15) is 30.7 Å². The second-order valence-electron chi connectivity index (χ2n) is 4.75. The highest BCUT2D eigenvalue weighted by Crippen LogP contribution is 2.32. The van der Waals surface area contributed by atoms with Gasteiger partial charge in [-0.05, 0) is 37.8 Å². The summed E-state index contributed by atoms with van der Waals surface area (Å²) in [6, 6.07) is 5.82. The summed E-state index contributed by atoms with van der Waals surface area (Å²) in [7, 11) is 0. The molecular formula is C13H19N3O. The van der Waals surface area contributed by atoms with Crippen molar-refractivity contribution >= 4 is 5.91 Å². The van der Waals surface area contributed by atoms with Gasteiger partial charge in [-0.2, -0.15) is 0 Å². The SMILES string of the molecule is Cc1cccc(CNC(=O)CC(N)C2CC2)n1. The van der Waals surface area contributed by atoms with Crippen LogP contribution in [0.25, 0.3) is 0 Å². The minimum atomic E-state index is 0.0210. The Morgan fingerprint density at radius 1 is 1.59 bits per heavy atom. The maximum Gasteiger partial charge on any atom is 0.221 e. The minimum absolute atomic E-state index is 0.0210. The Balaban J connectivity index is 1.75. The fourth-order valence-corrected chi connectivity index (χ4v) is 1.86. The van der Waals surface area contributed by atoms with Gasteiger partial charge >= 0.3 is 0 Å². The Hall–Kier alpha value is -1.42. The molecule has 17 heavy (non-hydrogen) atoms. The molecule has 92 valence electrons. The molecule has 1 aromatic heterocycles. The van der Waals surface area contributed by atoms with E-state index in [0.717, 1.165) is 11.4 Å². The van der Waals surface area contributed by atoms with Crippen LogP contribution in [0.5, 0.6) is 0 Å². The Labute approximate surface area is 102 Å². The predicted octanol–water partition coefficient (Wildman–Crippen LogP) is 1.13. The summed E-state index contributed by atoms with van der Waals surface area (Å²) < 4.78 is 0. The topological polar surface area (TPSA) is 68.0 Å². The van der Waals surface area contributed by atoms with Crippen molar-refractivity contribution in [3.8, 4) is 0 Å². The average Bonchev–Trinajstić information content (AvgIpc) is 3.10. The van der Waals surface area contributed by atoms with E-state index in [-0.39, 0.29) is 11.9 Å². The van der Waals surface area contributed by atoms with Gasteiger partial charge in [-0.15, -0.1) is 0 Å². The number of carbonyl (C=O) groups excluding carboxylic acids is 1. The third kappa shape index (κ3) is 3.82. The molecule has 1 heterocycles. The van der Waals surface area contributed by atoms with Gasteiger partial charge in [0.2, 0.25) is 5.91 Å². The number of rotatable bonds is 5. The summed E-state index contributed by atoms with van der Waals surface area (Å²) in [6.45, 7) is 2.42. The van der Waals surface area contributed by atoms with Gasteiger partial charge in [-0.1, -0.05) is 6.07 Å². The number of carbonyl (C=O) groups is 1. The molecule has 0 radical (unpaired) electrons. The first-order valence-electron chi connectivity index (χ1n) is 6.10. The third-order valence-electron chi connectivity index (χ3n) is 3.06. The third-order valence-corrected chi connectivity index (χ3v) is 3.06. The largest absolute Gasteiger partial charge is 0.350 e. The first-order chi connectivity index (χ1) is 8.15. The first kappa shape index (κ1) is 12.0. The van der Waals surface area contributed by atoms with Crippen LogP contribution < -0.4 is 11.1 Å². The van der Waals surface area contributed by atoms with E-state index in [1.807, 2.05) is 25.1 Å². The molecule has 1 aliphatic rings. The predicted molar refractivity (Wildman–Crippen MR) is 66.1 cm³/mol. The maximum absolute atomic E-state index is 11.6. The molecule has 0 saturated heterocycles. The minimum Gasteiger partial charge on any atom is -0.350 e. The van der Waals surface area contributed by atoms with Gasteiger partial charge < -0.3 is 11.1 Å². The van der Waals surface area contributed by atoms with Gasteiger partial charge in [0, 0.05) is 18.2 Å². The summed E-state index contributed by atoms with van der Waals surface area (Å²) in [5.41, 5.74) is 7.75. The summed E-state index contributed by atoms with van der Waals surface area (Å²) in [6.07, 6.45) is 2.78. The second kappa shape index (κ2) is 5.27. The van der Waals surface area contributed by atoms with E-state index in [1.54, 1.807) is 0 Å². The van der Waals surface area contributed by atoms with Gasteiger partial charge in [-0.25, -0.2) is 0 Å². The molecule has 1 fully saturated rings. The number of aryl methyl sites for hydroxylation is 1. The van der Waals surface area contributed by atoms with Crippen molar-refractivity contribution in [2.75, 3.05) is 0 Å². The number of hydrogen-bond donors (Lipinski definition) is 2. The standard InChI is InChI=1S/C13H19N3O/c1-9-3-2-4-11(16-9)8-15-13(17)7-12(14)10-5-6-10/h2-4,10,12H,5-8,14H2,1H3,(H,15,17). The quantitative estimate of drug-likeness (QED) is 0.801. The zero-order valence-corrected chi connectivity index (χ0v) is 10.1. The summed E-state index contributed by atoms with van der Waals surface area (Å²) in [5, 5.41) is 2.86. The molecule has 3 N–H and O–H groups in total. The molecule has 1 atom stereocenters. The zero-order chi connectivity index (χ0) is 12.3. The molecule has 0 aromatic carbocycles. The number of nitrogens with two attached hydrogens (primary N) is 1. The zero-order valence-electron chi connectivity index (χ0n) is 10.1. The van der Waals surface area contributed by atoms with Crippen molar-refractivity contribution in [3.63, 3.8) is 0 Å². The lowest BCUT2D eigenvalue weighted by molar-refractivity contribution is -0.121. The molecule has 1 saturated carbocycles. The lowest BCUT2D eigenvalue weighted by atomic mass is 10.1. The van der Waals surface area contributed by atoms with E-state index in [4.69, 9.17) is 5.73 Å². The number of amides is 1. The van der Waals surface area contributed by atoms with Gasteiger partial charge in [0.1, 0.15) is 0 Å². The summed E-state index contributed by atoms with van der Waals surface area (Å²) in [4.78, 5) is 16.0. The van der Waals surface area contributed by atoms with Crippen molar-refractivity contribution in [3.05, 3.63) is 29.6 Å². The first-order valence-corrected chi connectivity index (χ1v) is 6.10. The molecule has 0 bridgehead atoms. The number of nitrogens with one attached hydrogen (secondary N) is 1. The molecule has 1 amide bonds. The molecule has 0 aliphatic heterocycles. The Morgan fingerprint density at radius 2 is 2.35 bits per heavy atom. The van der Waals surface area contributed by atoms with Gasteiger partial charge in [0.05, 0.1) is 12.2 Å². The Kier molecular flexibility index (Phi) is 3.74. The van der Waals surface area contributed by atoms with E-state index >= 15 is 0 Å². The van der Waals surface area contributed by atoms with Crippen molar-refractivity contribution in [2.24, 2.45) is 11.7 Å². The smallest absolute Gasteiger partial charge is 0.221 e. The van der Waals surface area contributed by atoms with Gasteiger partial charge in [0.25, 0.3) is 0 Å². The fourth-order valence-electron chi connectivity index (χ4n) is 1.86. The van der Waals surface area contributed by atoms with Crippen LogP contribution >= 0.6 is 0 Å². The highest BCUT2D eigenvalue weighted by molar-refractivity contribution is 5.76. The van der Waals surface area contributed by atoms with Crippen LogP contribution in [0.4, 0.5) is 0 Å². The van der Waals surface area contributed by atoms with Crippen LogP contribution in [0, 0.1) is 12.8 Å². The number of hydrogen-bond acceptors (Lipinski definition) is 3. The lowest BCUT2D eigenvalue weighted by Crippen LogP contribution is -2.32.